The normalized spacial score (nSPS) is 24.4. The van der Waals surface area contributed by atoms with Crippen LogP contribution in [0.4, 0.5) is 5.69 Å². The van der Waals surface area contributed by atoms with Crippen molar-refractivity contribution >= 4 is 11.6 Å². The van der Waals surface area contributed by atoms with E-state index in [1.54, 1.807) is 12.3 Å². The number of nitrogens with one attached hydrogen (secondary N) is 1. The largest absolute Gasteiger partial charge is 0.381 e. The van der Waals surface area contributed by atoms with Gasteiger partial charge in [0.2, 0.25) is 0 Å². The van der Waals surface area contributed by atoms with Crippen LogP contribution in [0.3, 0.4) is 0 Å². The van der Waals surface area contributed by atoms with Crippen molar-refractivity contribution in [2.45, 2.75) is 19.4 Å². The molecule has 1 aromatic heterocycles. The molecule has 1 heterocycles. The van der Waals surface area contributed by atoms with Crippen molar-refractivity contribution in [1.82, 2.24) is 4.98 Å². The molecule has 2 rings (SSSR count). The molecule has 0 radical (unpaired) electrons. The summed E-state index contributed by atoms with van der Waals surface area (Å²) < 4.78 is 0. The summed E-state index contributed by atoms with van der Waals surface area (Å²) in [6, 6.07) is 2.26. The second kappa shape index (κ2) is 3.29. The molecule has 4 nitrogen and oxygen atoms in total. The number of primary amides is 1. The Morgan fingerprint density at radius 2 is 2.43 bits per heavy atom. The number of carbonyl (C=O) groups is 1. The van der Waals surface area contributed by atoms with Crippen molar-refractivity contribution in [2.75, 3.05) is 5.32 Å². The minimum absolute atomic E-state index is 0.436. The third-order valence-electron chi connectivity index (χ3n) is 2.54. The second-order valence-electron chi connectivity index (χ2n) is 3.75. The number of pyridine rings is 1. The van der Waals surface area contributed by atoms with Crippen LogP contribution in [0.25, 0.3) is 0 Å². The van der Waals surface area contributed by atoms with Crippen LogP contribution in [-0.2, 0) is 0 Å². The molecule has 1 fully saturated rings. The molecule has 1 aromatic rings. The summed E-state index contributed by atoms with van der Waals surface area (Å²) >= 11 is 0. The maximum Gasteiger partial charge on any atom is 0.252 e. The third-order valence-corrected chi connectivity index (χ3v) is 2.54. The minimum atomic E-state index is -0.436. The van der Waals surface area contributed by atoms with E-state index in [1.165, 1.54) is 6.20 Å². The monoisotopic (exact) mass is 191 g/mol. The van der Waals surface area contributed by atoms with Crippen LogP contribution in [-0.4, -0.2) is 16.9 Å². The highest BCUT2D eigenvalue weighted by molar-refractivity contribution is 5.98. The van der Waals surface area contributed by atoms with E-state index >= 15 is 0 Å². The Bertz CT molecular complexity index is 364. The number of nitrogens with two attached hydrogens (primary N) is 1. The molecule has 0 saturated heterocycles. The lowest BCUT2D eigenvalue weighted by atomic mass is 10.2. The summed E-state index contributed by atoms with van der Waals surface area (Å²) in [5.74, 6) is 0.248. The molecule has 14 heavy (non-hydrogen) atoms. The van der Waals surface area contributed by atoms with Crippen molar-refractivity contribution in [2.24, 2.45) is 11.7 Å². The zero-order valence-electron chi connectivity index (χ0n) is 8.03. The molecule has 0 aromatic carbocycles. The van der Waals surface area contributed by atoms with Gasteiger partial charge in [-0.15, -0.1) is 0 Å². The highest BCUT2D eigenvalue weighted by Crippen LogP contribution is 2.33. The lowest BCUT2D eigenvalue weighted by Gasteiger charge is -2.07. The van der Waals surface area contributed by atoms with E-state index in [0.717, 1.165) is 12.1 Å². The number of nitrogens with zero attached hydrogens (tertiary/aromatic N) is 1. The predicted octanol–water partition coefficient (Wildman–Crippen LogP) is 1.00. The molecule has 0 aliphatic heterocycles. The number of hydrogen-bond acceptors (Lipinski definition) is 3. The molecular weight excluding hydrogens is 178 g/mol. The second-order valence-corrected chi connectivity index (χ2v) is 3.75. The van der Waals surface area contributed by atoms with E-state index in [-0.39, 0.29) is 0 Å². The van der Waals surface area contributed by atoms with E-state index in [2.05, 4.69) is 17.2 Å². The van der Waals surface area contributed by atoms with Crippen LogP contribution in [0.2, 0.25) is 0 Å². The fourth-order valence-electron chi connectivity index (χ4n) is 1.44. The van der Waals surface area contributed by atoms with Gasteiger partial charge in [-0.25, -0.2) is 0 Å². The first-order valence-electron chi connectivity index (χ1n) is 4.69. The molecule has 2 atom stereocenters. The number of amides is 1. The van der Waals surface area contributed by atoms with Crippen LogP contribution >= 0.6 is 0 Å². The van der Waals surface area contributed by atoms with Gasteiger partial charge in [-0.2, -0.15) is 0 Å². The van der Waals surface area contributed by atoms with Crippen molar-refractivity contribution in [3.8, 4) is 0 Å². The van der Waals surface area contributed by atoms with Gasteiger partial charge in [0.05, 0.1) is 11.3 Å². The van der Waals surface area contributed by atoms with E-state index in [4.69, 9.17) is 5.73 Å². The predicted molar refractivity (Wildman–Crippen MR) is 53.9 cm³/mol. The highest BCUT2D eigenvalue weighted by atomic mass is 16.1. The van der Waals surface area contributed by atoms with Gasteiger partial charge in [0, 0.05) is 18.4 Å². The standard InChI is InChI=1S/C10H13N3O/c1-6-4-9(6)13-8-2-3-12-5-7(8)10(11)14/h2-3,5-6,9H,4H2,1H3,(H2,11,14)(H,12,13)/t6-,9-/m1/s1. The van der Waals surface area contributed by atoms with E-state index in [0.29, 0.717) is 17.5 Å². The number of anilines is 1. The number of carbonyl (C=O) groups excluding carboxylic acids is 1. The van der Waals surface area contributed by atoms with Gasteiger partial charge in [-0.05, 0) is 18.4 Å². The molecule has 4 heteroatoms. The van der Waals surface area contributed by atoms with Crippen LogP contribution in [0, 0.1) is 5.92 Å². The Labute approximate surface area is 82.5 Å². The van der Waals surface area contributed by atoms with Gasteiger partial charge < -0.3 is 11.1 Å². The maximum atomic E-state index is 11.0. The topological polar surface area (TPSA) is 68.0 Å². The number of aromatic nitrogens is 1. The zero-order valence-corrected chi connectivity index (χ0v) is 8.03. The van der Waals surface area contributed by atoms with Crippen molar-refractivity contribution in [3.63, 3.8) is 0 Å². The maximum absolute atomic E-state index is 11.0. The number of rotatable bonds is 3. The quantitative estimate of drug-likeness (QED) is 0.749. The Balaban J connectivity index is 2.19. The van der Waals surface area contributed by atoms with Gasteiger partial charge in [0.25, 0.3) is 5.91 Å². The summed E-state index contributed by atoms with van der Waals surface area (Å²) in [5.41, 5.74) is 6.48. The SMILES string of the molecule is C[C@@H]1C[C@H]1Nc1ccncc1C(N)=O. The average molecular weight is 191 g/mol. The molecule has 3 N–H and O–H groups in total. The molecule has 0 spiro atoms. The van der Waals surface area contributed by atoms with Crippen LogP contribution in [0.5, 0.6) is 0 Å². The van der Waals surface area contributed by atoms with Gasteiger partial charge in [0.1, 0.15) is 0 Å². The average Bonchev–Trinajstić information content (AvgIpc) is 2.82. The Morgan fingerprint density at radius 3 is 3.00 bits per heavy atom. The van der Waals surface area contributed by atoms with Crippen LogP contribution in [0.1, 0.15) is 23.7 Å². The Hall–Kier alpha value is -1.58. The van der Waals surface area contributed by atoms with Gasteiger partial charge in [-0.1, -0.05) is 6.92 Å². The Morgan fingerprint density at radius 1 is 1.71 bits per heavy atom. The van der Waals surface area contributed by atoms with Crippen LogP contribution in [0.15, 0.2) is 18.5 Å². The number of hydrogen-bond donors (Lipinski definition) is 2. The molecule has 1 saturated carbocycles. The molecule has 1 aliphatic rings. The fourth-order valence-corrected chi connectivity index (χ4v) is 1.44. The zero-order chi connectivity index (χ0) is 10.1. The molecule has 1 amide bonds. The van der Waals surface area contributed by atoms with Crippen LogP contribution < -0.4 is 11.1 Å². The molecule has 0 bridgehead atoms. The summed E-state index contributed by atoms with van der Waals surface area (Å²) in [6.07, 6.45) is 4.31. The van der Waals surface area contributed by atoms with E-state index in [1.807, 2.05) is 0 Å². The summed E-state index contributed by atoms with van der Waals surface area (Å²) in [7, 11) is 0. The first-order chi connectivity index (χ1) is 6.68. The first kappa shape index (κ1) is 8.99. The van der Waals surface area contributed by atoms with E-state index in [9.17, 15) is 4.79 Å². The fraction of sp³-hybridized carbons (Fsp3) is 0.400. The first-order valence-corrected chi connectivity index (χ1v) is 4.69. The summed E-state index contributed by atoms with van der Waals surface area (Å²) in [4.78, 5) is 14.9. The van der Waals surface area contributed by atoms with Gasteiger partial charge in [-0.3, -0.25) is 9.78 Å². The van der Waals surface area contributed by atoms with Gasteiger partial charge >= 0.3 is 0 Å². The minimum Gasteiger partial charge on any atom is -0.381 e. The van der Waals surface area contributed by atoms with Crippen molar-refractivity contribution in [1.29, 1.82) is 0 Å². The van der Waals surface area contributed by atoms with Crippen molar-refractivity contribution < 1.29 is 4.79 Å². The van der Waals surface area contributed by atoms with Gasteiger partial charge in [0.15, 0.2) is 0 Å². The molecule has 74 valence electrons. The molecule has 0 unspecified atom stereocenters. The summed E-state index contributed by atoms with van der Waals surface area (Å²) in [5, 5.41) is 3.27. The molecular formula is C10H13N3O. The van der Waals surface area contributed by atoms with E-state index < -0.39 is 5.91 Å². The highest BCUT2D eigenvalue weighted by Gasteiger charge is 2.32. The summed E-state index contributed by atoms with van der Waals surface area (Å²) in [6.45, 7) is 2.17. The third kappa shape index (κ3) is 1.69. The lowest BCUT2D eigenvalue weighted by Crippen LogP contribution is -2.15. The lowest BCUT2D eigenvalue weighted by molar-refractivity contribution is 0.100. The Kier molecular flexibility index (Phi) is 2.11. The smallest absolute Gasteiger partial charge is 0.252 e. The molecule has 1 aliphatic carbocycles. The van der Waals surface area contributed by atoms with Crippen molar-refractivity contribution in [3.05, 3.63) is 24.0 Å².